The van der Waals surface area contributed by atoms with Crippen LogP contribution >= 0.6 is 0 Å². The number of hydrogen-bond acceptors (Lipinski definition) is 2. The Balaban J connectivity index is 2.13. The molecule has 0 saturated heterocycles. The van der Waals surface area contributed by atoms with Gasteiger partial charge in [-0.1, -0.05) is 6.42 Å². The second-order valence-corrected chi connectivity index (χ2v) is 4.60. The second kappa shape index (κ2) is 3.91. The van der Waals surface area contributed by atoms with Gasteiger partial charge in [0.05, 0.1) is 11.7 Å². The highest BCUT2D eigenvalue weighted by Gasteiger charge is 2.24. The summed E-state index contributed by atoms with van der Waals surface area (Å²) < 4.78 is 0. The third-order valence-corrected chi connectivity index (χ3v) is 3.65. The molecule has 1 aliphatic carbocycles. The highest BCUT2D eigenvalue weighted by molar-refractivity contribution is 5.84. The number of H-pyrrole nitrogens is 1. The third kappa shape index (κ3) is 1.43. The Bertz CT molecular complexity index is 497. The average molecular weight is 215 g/mol. The van der Waals surface area contributed by atoms with Crippen LogP contribution in [0, 0.1) is 0 Å². The molecule has 3 rings (SSSR count). The van der Waals surface area contributed by atoms with Crippen molar-refractivity contribution in [2.24, 2.45) is 5.73 Å². The van der Waals surface area contributed by atoms with Crippen LogP contribution < -0.4 is 5.73 Å². The number of nitrogens with one attached hydrogen (secondary N) is 1. The van der Waals surface area contributed by atoms with E-state index in [0.29, 0.717) is 0 Å². The van der Waals surface area contributed by atoms with Crippen LogP contribution in [-0.4, -0.2) is 16.5 Å². The van der Waals surface area contributed by atoms with Crippen molar-refractivity contribution >= 4 is 10.9 Å². The van der Waals surface area contributed by atoms with Crippen molar-refractivity contribution < 1.29 is 0 Å². The Morgan fingerprint density at radius 3 is 3.00 bits per heavy atom. The lowest BCUT2D eigenvalue weighted by atomic mass is 9.81. The Kier molecular flexibility index (Phi) is 2.40. The van der Waals surface area contributed by atoms with E-state index in [-0.39, 0.29) is 0 Å². The first kappa shape index (κ1) is 9.85. The maximum Gasteiger partial charge on any atom is 0.0645 e. The molecule has 0 amide bonds. The van der Waals surface area contributed by atoms with Gasteiger partial charge in [-0.05, 0) is 43.4 Å². The van der Waals surface area contributed by atoms with E-state index in [9.17, 15) is 0 Å². The zero-order valence-corrected chi connectivity index (χ0v) is 9.37. The molecular formula is C13H17N3. The fraction of sp³-hybridized carbons (Fsp3) is 0.462. The minimum atomic E-state index is 0.717. The normalized spacial score (nSPS) is 16.6. The van der Waals surface area contributed by atoms with Crippen molar-refractivity contribution in [3.05, 3.63) is 29.7 Å². The standard InChI is InChI=1S/C13H17N3/c14-6-4-11-10-5-7-15-8-12(10)16-13(11)9-2-1-3-9/h5,7-9,16H,1-4,6,14H2. The zero-order valence-electron chi connectivity index (χ0n) is 9.37. The van der Waals surface area contributed by atoms with Crippen LogP contribution in [0.1, 0.15) is 36.4 Å². The highest BCUT2D eigenvalue weighted by Crippen LogP contribution is 2.39. The monoisotopic (exact) mass is 215 g/mol. The van der Waals surface area contributed by atoms with Crippen molar-refractivity contribution in [1.82, 2.24) is 9.97 Å². The van der Waals surface area contributed by atoms with Crippen molar-refractivity contribution in [3.8, 4) is 0 Å². The van der Waals surface area contributed by atoms with E-state index in [1.807, 2.05) is 12.4 Å². The molecule has 1 aliphatic rings. The van der Waals surface area contributed by atoms with Gasteiger partial charge < -0.3 is 10.7 Å². The molecule has 3 N–H and O–H groups in total. The van der Waals surface area contributed by atoms with Crippen molar-refractivity contribution in [1.29, 1.82) is 0 Å². The fourth-order valence-corrected chi connectivity index (χ4v) is 2.58. The number of pyridine rings is 1. The predicted octanol–water partition coefficient (Wildman–Crippen LogP) is 2.33. The lowest BCUT2D eigenvalue weighted by Gasteiger charge is -2.25. The summed E-state index contributed by atoms with van der Waals surface area (Å²) in [7, 11) is 0. The van der Waals surface area contributed by atoms with Crippen LogP contribution in [0.5, 0.6) is 0 Å². The molecule has 0 atom stereocenters. The molecule has 3 nitrogen and oxygen atoms in total. The van der Waals surface area contributed by atoms with Gasteiger partial charge in [0.15, 0.2) is 0 Å². The quantitative estimate of drug-likeness (QED) is 0.825. The van der Waals surface area contributed by atoms with Gasteiger partial charge in [0.1, 0.15) is 0 Å². The third-order valence-electron chi connectivity index (χ3n) is 3.65. The number of fused-ring (bicyclic) bond motifs is 1. The summed E-state index contributed by atoms with van der Waals surface area (Å²) in [5.74, 6) is 0.731. The first-order valence-electron chi connectivity index (χ1n) is 6.04. The molecule has 0 aliphatic heterocycles. The smallest absolute Gasteiger partial charge is 0.0645 e. The number of rotatable bonds is 3. The van der Waals surface area contributed by atoms with Crippen LogP contribution in [0.15, 0.2) is 18.5 Å². The van der Waals surface area contributed by atoms with Crippen LogP contribution in [0.25, 0.3) is 10.9 Å². The van der Waals surface area contributed by atoms with Crippen molar-refractivity contribution in [3.63, 3.8) is 0 Å². The van der Waals surface area contributed by atoms with Gasteiger partial charge in [-0.2, -0.15) is 0 Å². The number of nitrogens with zero attached hydrogens (tertiary/aromatic N) is 1. The van der Waals surface area contributed by atoms with Gasteiger partial charge >= 0.3 is 0 Å². The van der Waals surface area contributed by atoms with Gasteiger partial charge in [-0.25, -0.2) is 0 Å². The minimum Gasteiger partial charge on any atom is -0.357 e. The molecule has 2 aromatic heterocycles. The summed E-state index contributed by atoms with van der Waals surface area (Å²) in [5, 5.41) is 1.31. The van der Waals surface area contributed by atoms with Crippen molar-refractivity contribution in [2.45, 2.75) is 31.6 Å². The van der Waals surface area contributed by atoms with E-state index < -0.39 is 0 Å². The average Bonchev–Trinajstić information content (AvgIpc) is 2.56. The van der Waals surface area contributed by atoms with Gasteiger partial charge in [0.25, 0.3) is 0 Å². The zero-order chi connectivity index (χ0) is 11.0. The Morgan fingerprint density at radius 1 is 1.44 bits per heavy atom. The summed E-state index contributed by atoms with van der Waals surface area (Å²) in [4.78, 5) is 7.70. The van der Waals surface area contributed by atoms with Crippen LogP contribution in [0.3, 0.4) is 0 Å². The molecule has 2 aromatic rings. The maximum atomic E-state index is 5.71. The molecule has 0 radical (unpaired) electrons. The first-order chi connectivity index (χ1) is 7.90. The molecular weight excluding hydrogens is 198 g/mol. The van der Waals surface area contributed by atoms with E-state index in [1.54, 1.807) is 0 Å². The molecule has 1 saturated carbocycles. The summed E-state index contributed by atoms with van der Waals surface area (Å²) in [5.41, 5.74) is 9.71. The molecule has 3 heteroatoms. The maximum absolute atomic E-state index is 5.71. The summed E-state index contributed by atoms with van der Waals surface area (Å²) in [6, 6.07) is 2.10. The van der Waals surface area contributed by atoms with E-state index in [0.717, 1.165) is 24.4 Å². The van der Waals surface area contributed by atoms with E-state index in [2.05, 4.69) is 16.0 Å². The molecule has 0 aromatic carbocycles. The largest absolute Gasteiger partial charge is 0.357 e. The van der Waals surface area contributed by atoms with E-state index in [4.69, 9.17) is 5.73 Å². The van der Waals surface area contributed by atoms with Crippen LogP contribution in [-0.2, 0) is 6.42 Å². The Labute approximate surface area is 95.1 Å². The molecule has 0 bridgehead atoms. The number of hydrogen-bond donors (Lipinski definition) is 2. The van der Waals surface area contributed by atoms with Crippen molar-refractivity contribution in [2.75, 3.05) is 6.54 Å². The van der Waals surface area contributed by atoms with Crippen LogP contribution in [0.4, 0.5) is 0 Å². The summed E-state index contributed by atoms with van der Waals surface area (Å²) >= 11 is 0. The lowest BCUT2D eigenvalue weighted by molar-refractivity contribution is 0.410. The molecule has 1 fully saturated rings. The fourth-order valence-electron chi connectivity index (χ4n) is 2.58. The van der Waals surface area contributed by atoms with Gasteiger partial charge in [-0.15, -0.1) is 0 Å². The summed E-state index contributed by atoms with van der Waals surface area (Å²) in [6.07, 6.45) is 8.74. The number of aromatic amines is 1. The molecule has 0 unspecified atom stereocenters. The van der Waals surface area contributed by atoms with Gasteiger partial charge in [0, 0.05) is 17.3 Å². The SMILES string of the molecule is NCCc1c(C2CCC2)[nH]c2cnccc12. The lowest BCUT2D eigenvalue weighted by Crippen LogP contribution is -2.13. The molecule has 16 heavy (non-hydrogen) atoms. The Morgan fingerprint density at radius 2 is 2.31 bits per heavy atom. The molecule has 84 valence electrons. The number of nitrogens with two attached hydrogens (primary N) is 1. The first-order valence-corrected chi connectivity index (χ1v) is 6.04. The molecule has 0 spiro atoms. The molecule has 2 heterocycles. The van der Waals surface area contributed by atoms with Gasteiger partial charge in [0.2, 0.25) is 0 Å². The summed E-state index contributed by atoms with van der Waals surface area (Å²) in [6.45, 7) is 0.717. The van der Waals surface area contributed by atoms with E-state index in [1.165, 1.54) is 35.9 Å². The minimum absolute atomic E-state index is 0.717. The highest BCUT2D eigenvalue weighted by atomic mass is 14.8. The van der Waals surface area contributed by atoms with E-state index >= 15 is 0 Å². The Hall–Kier alpha value is -1.35. The van der Waals surface area contributed by atoms with Gasteiger partial charge in [-0.3, -0.25) is 4.98 Å². The topological polar surface area (TPSA) is 54.7 Å². The predicted molar refractivity (Wildman–Crippen MR) is 65.4 cm³/mol. The number of aromatic nitrogens is 2. The van der Waals surface area contributed by atoms with Crippen LogP contribution in [0.2, 0.25) is 0 Å². The second-order valence-electron chi connectivity index (χ2n) is 4.60.